The summed E-state index contributed by atoms with van der Waals surface area (Å²) >= 11 is 1.69. The van der Waals surface area contributed by atoms with E-state index in [0.29, 0.717) is 19.8 Å². The molecular formula is C16H21NO4S. The van der Waals surface area contributed by atoms with Gasteiger partial charge >= 0.3 is 5.97 Å². The Morgan fingerprint density at radius 1 is 1.36 bits per heavy atom. The van der Waals surface area contributed by atoms with Crippen LogP contribution in [0.5, 0.6) is 11.5 Å². The van der Waals surface area contributed by atoms with Crippen molar-refractivity contribution in [1.82, 2.24) is 4.90 Å². The Labute approximate surface area is 134 Å². The number of ether oxygens (including phenoxy) is 2. The lowest BCUT2D eigenvalue weighted by Gasteiger charge is -2.31. The molecule has 1 aromatic rings. The quantitative estimate of drug-likeness (QED) is 0.859. The number of fused-ring (bicyclic) bond motifs is 1. The lowest BCUT2D eigenvalue weighted by Crippen LogP contribution is -2.38. The third-order valence-electron chi connectivity index (χ3n) is 4.19. The number of hydrogen-bond donors (Lipinski definition) is 1. The number of nitrogens with zero attached hydrogens (tertiary/aromatic N) is 1. The molecule has 0 radical (unpaired) electrons. The van der Waals surface area contributed by atoms with Crippen molar-refractivity contribution >= 4 is 17.7 Å². The van der Waals surface area contributed by atoms with Gasteiger partial charge in [0.1, 0.15) is 13.2 Å². The summed E-state index contributed by atoms with van der Waals surface area (Å²) < 4.78 is 11.3. The molecular weight excluding hydrogens is 302 g/mol. The van der Waals surface area contributed by atoms with Gasteiger partial charge in [0, 0.05) is 18.0 Å². The summed E-state index contributed by atoms with van der Waals surface area (Å²) in [5.41, 5.74) is 1.18. The van der Waals surface area contributed by atoms with Crippen molar-refractivity contribution in [3.8, 4) is 11.5 Å². The average molecular weight is 323 g/mol. The van der Waals surface area contributed by atoms with Crippen LogP contribution in [0.15, 0.2) is 17.0 Å². The maximum atomic E-state index is 11.2. The molecule has 6 heteroatoms. The Morgan fingerprint density at radius 2 is 2.09 bits per heavy atom. The number of benzene rings is 1. The Balaban J connectivity index is 1.77. The van der Waals surface area contributed by atoms with Gasteiger partial charge in [0.2, 0.25) is 0 Å². The van der Waals surface area contributed by atoms with Crippen LogP contribution in [0, 0.1) is 5.92 Å². The van der Waals surface area contributed by atoms with Crippen molar-refractivity contribution in [3.05, 3.63) is 17.7 Å². The normalized spacial score (nSPS) is 21.6. The molecule has 5 nitrogen and oxygen atoms in total. The van der Waals surface area contributed by atoms with E-state index in [4.69, 9.17) is 9.47 Å². The topological polar surface area (TPSA) is 59.0 Å². The SMILES string of the molecule is CSc1cc2c(cc1CN1CCCC(C(=O)O)C1)OCCO2. The molecule has 1 unspecified atom stereocenters. The molecule has 1 atom stereocenters. The molecule has 1 N–H and O–H groups in total. The molecule has 2 aliphatic heterocycles. The smallest absolute Gasteiger partial charge is 0.307 e. The lowest BCUT2D eigenvalue weighted by molar-refractivity contribution is -0.143. The summed E-state index contributed by atoms with van der Waals surface area (Å²) in [4.78, 5) is 14.6. The second-order valence-electron chi connectivity index (χ2n) is 5.72. The molecule has 22 heavy (non-hydrogen) atoms. The number of carbonyl (C=O) groups is 1. The number of carboxylic acids is 1. The maximum Gasteiger partial charge on any atom is 0.307 e. The fourth-order valence-corrected chi connectivity index (χ4v) is 3.68. The number of rotatable bonds is 4. The van der Waals surface area contributed by atoms with Gasteiger partial charge in [-0.2, -0.15) is 0 Å². The fourth-order valence-electron chi connectivity index (χ4n) is 3.07. The number of thioether (sulfide) groups is 1. The van der Waals surface area contributed by atoms with Crippen LogP contribution in [-0.2, 0) is 11.3 Å². The standard InChI is InChI=1S/C16H21NO4S/c1-22-15-8-14-13(20-5-6-21-14)7-12(15)10-17-4-2-3-11(9-17)16(18)19/h7-8,11H,2-6,9-10H2,1H3,(H,18,19). The molecule has 1 aromatic carbocycles. The molecule has 1 fully saturated rings. The van der Waals surface area contributed by atoms with Crippen molar-refractivity contribution in [2.24, 2.45) is 5.92 Å². The second kappa shape index (κ2) is 6.79. The zero-order valence-electron chi connectivity index (χ0n) is 12.7. The first-order chi connectivity index (χ1) is 10.7. The summed E-state index contributed by atoms with van der Waals surface area (Å²) in [6, 6.07) is 4.08. The molecule has 0 aromatic heterocycles. The molecule has 2 heterocycles. The summed E-state index contributed by atoms with van der Waals surface area (Å²) in [6.07, 6.45) is 3.77. The van der Waals surface area contributed by atoms with Crippen molar-refractivity contribution in [1.29, 1.82) is 0 Å². The van der Waals surface area contributed by atoms with E-state index in [1.54, 1.807) is 11.8 Å². The molecule has 0 aliphatic carbocycles. The summed E-state index contributed by atoms with van der Waals surface area (Å²) in [5.74, 6) is 0.674. The highest BCUT2D eigenvalue weighted by molar-refractivity contribution is 7.98. The number of carboxylic acid groups (broad SMARTS) is 1. The minimum absolute atomic E-state index is 0.247. The maximum absolute atomic E-state index is 11.2. The minimum atomic E-state index is -0.683. The number of aliphatic carboxylic acids is 1. The van der Waals surface area contributed by atoms with E-state index in [1.165, 1.54) is 10.5 Å². The monoisotopic (exact) mass is 323 g/mol. The fraction of sp³-hybridized carbons (Fsp3) is 0.562. The average Bonchev–Trinajstić information content (AvgIpc) is 2.54. The molecule has 0 bridgehead atoms. The van der Waals surface area contributed by atoms with E-state index in [0.717, 1.165) is 37.4 Å². The molecule has 1 saturated heterocycles. The summed E-state index contributed by atoms with van der Waals surface area (Å²) in [6.45, 7) is 3.50. The third-order valence-corrected chi connectivity index (χ3v) is 5.01. The number of hydrogen-bond acceptors (Lipinski definition) is 5. The van der Waals surface area contributed by atoms with Crippen LogP contribution in [0.25, 0.3) is 0 Å². The van der Waals surface area contributed by atoms with Gasteiger partial charge in [-0.25, -0.2) is 0 Å². The van der Waals surface area contributed by atoms with Crippen molar-refractivity contribution in [2.75, 3.05) is 32.6 Å². The van der Waals surface area contributed by atoms with Crippen LogP contribution >= 0.6 is 11.8 Å². The Morgan fingerprint density at radius 3 is 2.77 bits per heavy atom. The van der Waals surface area contributed by atoms with E-state index in [2.05, 4.69) is 4.90 Å². The molecule has 0 amide bonds. The van der Waals surface area contributed by atoms with Gasteiger partial charge < -0.3 is 14.6 Å². The van der Waals surface area contributed by atoms with Crippen LogP contribution in [0.3, 0.4) is 0 Å². The molecule has 3 rings (SSSR count). The van der Waals surface area contributed by atoms with Crippen LogP contribution in [0.1, 0.15) is 18.4 Å². The van der Waals surface area contributed by atoms with Gasteiger partial charge in [-0.15, -0.1) is 11.8 Å². The van der Waals surface area contributed by atoms with Crippen molar-refractivity contribution in [2.45, 2.75) is 24.3 Å². The van der Waals surface area contributed by atoms with Gasteiger partial charge in [-0.1, -0.05) is 0 Å². The van der Waals surface area contributed by atoms with E-state index < -0.39 is 5.97 Å². The van der Waals surface area contributed by atoms with Gasteiger partial charge in [-0.3, -0.25) is 9.69 Å². The first-order valence-electron chi connectivity index (χ1n) is 7.59. The zero-order chi connectivity index (χ0) is 15.5. The van der Waals surface area contributed by atoms with Crippen molar-refractivity contribution < 1.29 is 19.4 Å². The lowest BCUT2D eigenvalue weighted by atomic mass is 9.98. The van der Waals surface area contributed by atoms with Crippen LogP contribution < -0.4 is 9.47 Å². The van der Waals surface area contributed by atoms with Crippen LogP contribution in [0.4, 0.5) is 0 Å². The number of piperidine rings is 1. The number of likely N-dealkylation sites (tertiary alicyclic amines) is 1. The first kappa shape index (κ1) is 15.5. The van der Waals surface area contributed by atoms with E-state index in [1.807, 2.05) is 18.4 Å². The predicted octanol–water partition coefficient (Wildman–Crippen LogP) is 2.48. The second-order valence-corrected chi connectivity index (χ2v) is 6.57. The Kier molecular flexibility index (Phi) is 4.78. The highest BCUT2D eigenvalue weighted by Gasteiger charge is 2.26. The summed E-state index contributed by atoms with van der Waals surface area (Å²) in [7, 11) is 0. The van der Waals surface area contributed by atoms with Gasteiger partial charge in [-0.05, 0) is 43.3 Å². The zero-order valence-corrected chi connectivity index (χ0v) is 13.5. The predicted molar refractivity (Wildman–Crippen MR) is 84.8 cm³/mol. The van der Waals surface area contributed by atoms with Crippen molar-refractivity contribution in [3.63, 3.8) is 0 Å². The van der Waals surface area contributed by atoms with Crippen LogP contribution in [0.2, 0.25) is 0 Å². The van der Waals surface area contributed by atoms with Crippen LogP contribution in [-0.4, -0.2) is 48.5 Å². The van der Waals surface area contributed by atoms with Gasteiger partial charge in [0.15, 0.2) is 11.5 Å². The summed E-state index contributed by atoms with van der Waals surface area (Å²) in [5, 5.41) is 9.21. The highest BCUT2D eigenvalue weighted by atomic mass is 32.2. The highest BCUT2D eigenvalue weighted by Crippen LogP contribution is 2.37. The van der Waals surface area contributed by atoms with E-state index >= 15 is 0 Å². The molecule has 0 spiro atoms. The molecule has 2 aliphatic rings. The molecule has 120 valence electrons. The Hall–Kier alpha value is -1.40. The minimum Gasteiger partial charge on any atom is -0.486 e. The molecule has 0 saturated carbocycles. The Bertz CT molecular complexity index is 563. The van der Waals surface area contributed by atoms with Gasteiger partial charge in [0.25, 0.3) is 0 Å². The van der Waals surface area contributed by atoms with Gasteiger partial charge in [0.05, 0.1) is 5.92 Å². The largest absolute Gasteiger partial charge is 0.486 e. The first-order valence-corrected chi connectivity index (χ1v) is 8.81. The van der Waals surface area contributed by atoms with E-state index in [-0.39, 0.29) is 5.92 Å². The van der Waals surface area contributed by atoms with E-state index in [9.17, 15) is 9.90 Å². The third kappa shape index (κ3) is 3.33.